The highest BCUT2D eigenvalue weighted by Crippen LogP contribution is 2.37. The molecule has 0 heterocycles. The summed E-state index contributed by atoms with van der Waals surface area (Å²) < 4.78 is 11.1. The largest absolute Gasteiger partial charge is 0.381 e. The van der Waals surface area contributed by atoms with Crippen LogP contribution in [0.4, 0.5) is 0 Å². The fourth-order valence-electron chi connectivity index (χ4n) is 5.54. The van der Waals surface area contributed by atoms with Crippen molar-refractivity contribution in [3.63, 3.8) is 0 Å². The van der Waals surface area contributed by atoms with Gasteiger partial charge in [0, 0.05) is 14.2 Å². The molecule has 0 radical (unpaired) electrons. The Labute approximate surface area is 187 Å². The van der Waals surface area contributed by atoms with Crippen LogP contribution in [0.3, 0.4) is 0 Å². The van der Waals surface area contributed by atoms with Gasteiger partial charge in [0.2, 0.25) is 0 Å². The lowest BCUT2D eigenvalue weighted by Crippen LogP contribution is -2.12. The van der Waals surface area contributed by atoms with Crippen molar-refractivity contribution in [2.75, 3.05) is 14.2 Å². The van der Waals surface area contributed by atoms with Crippen molar-refractivity contribution in [3.05, 3.63) is 23.3 Å². The van der Waals surface area contributed by atoms with Crippen molar-refractivity contribution in [1.82, 2.24) is 0 Å². The topological polar surface area (TPSA) is 18.5 Å². The van der Waals surface area contributed by atoms with Gasteiger partial charge in [0.15, 0.2) is 0 Å². The summed E-state index contributed by atoms with van der Waals surface area (Å²) in [6.07, 6.45) is 27.4. The second kappa shape index (κ2) is 15.2. The number of methoxy groups -OCH3 is 2. The van der Waals surface area contributed by atoms with Gasteiger partial charge in [-0.1, -0.05) is 51.7 Å². The summed E-state index contributed by atoms with van der Waals surface area (Å²) in [6, 6.07) is 0. The van der Waals surface area contributed by atoms with Gasteiger partial charge in [0.1, 0.15) is 0 Å². The van der Waals surface area contributed by atoms with Gasteiger partial charge in [-0.2, -0.15) is 0 Å². The van der Waals surface area contributed by atoms with Gasteiger partial charge in [-0.15, -0.1) is 0 Å². The van der Waals surface area contributed by atoms with Crippen LogP contribution in [0.5, 0.6) is 0 Å². The van der Waals surface area contributed by atoms with Crippen molar-refractivity contribution in [3.8, 4) is 0 Å². The van der Waals surface area contributed by atoms with Crippen LogP contribution in [-0.4, -0.2) is 26.4 Å². The highest BCUT2D eigenvalue weighted by atomic mass is 16.5. The number of allylic oxidation sites excluding steroid dienone is 4. The number of unbranched alkanes of at least 4 members (excludes halogenated alkanes) is 2. The molecule has 0 N–H and O–H groups in total. The minimum atomic E-state index is 0.467. The van der Waals surface area contributed by atoms with Crippen LogP contribution in [0.1, 0.15) is 117 Å². The molecule has 0 spiro atoms. The molecule has 2 aliphatic carbocycles. The van der Waals surface area contributed by atoms with Crippen LogP contribution in [0.25, 0.3) is 0 Å². The lowest BCUT2D eigenvalue weighted by molar-refractivity contribution is 0.0894. The second-order valence-electron chi connectivity index (χ2n) is 9.79. The SMILES string of the molecule is CCC(CCCCC1C=C(C2=CC(CCCCC(CC)OC)CCC2)CCC1)OC. The minimum absolute atomic E-state index is 0.467. The van der Waals surface area contributed by atoms with E-state index in [0.29, 0.717) is 12.2 Å². The first-order valence-electron chi connectivity index (χ1n) is 13.2. The van der Waals surface area contributed by atoms with E-state index in [1.807, 2.05) is 14.2 Å². The lowest BCUT2D eigenvalue weighted by Gasteiger charge is -2.27. The van der Waals surface area contributed by atoms with Crippen molar-refractivity contribution >= 4 is 0 Å². The molecule has 0 saturated carbocycles. The Morgan fingerprint density at radius 1 is 0.733 bits per heavy atom. The van der Waals surface area contributed by atoms with E-state index in [2.05, 4.69) is 26.0 Å². The molecule has 4 unspecified atom stereocenters. The second-order valence-corrected chi connectivity index (χ2v) is 9.79. The van der Waals surface area contributed by atoms with Crippen LogP contribution in [-0.2, 0) is 9.47 Å². The van der Waals surface area contributed by atoms with Crippen LogP contribution in [0.2, 0.25) is 0 Å². The number of ether oxygens (including phenoxy) is 2. The average Bonchev–Trinajstić information content (AvgIpc) is 2.80. The highest BCUT2D eigenvalue weighted by Gasteiger charge is 2.20. The zero-order chi connectivity index (χ0) is 21.6. The van der Waals surface area contributed by atoms with Crippen molar-refractivity contribution in [2.45, 2.75) is 129 Å². The van der Waals surface area contributed by atoms with E-state index in [4.69, 9.17) is 9.47 Å². The van der Waals surface area contributed by atoms with Gasteiger partial charge in [-0.05, 0) is 100 Å². The fourth-order valence-corrected chi connectivity index (χ4v) is 5.54. The summed E-state index contributed by atoms with van der Waals surface area (Å²) in [4.78, 5) is 0. The van der Waals surface area contributed by atoms with Gasteiger partial charge in [-0.25, -0.2) is 0 Å². The Morgan fingerprint density at radius 2 is 1.17 bits per heavy atom. The predicted molar refractivity (Wildman–Crippen MR) is 130 cm³/mol. The molecule has 0 bridgehead atoms. The molecular weight excluding hydrogens is 368 g/mol. The maximum absolute atomic E-state index is 5.53. The quantitative estimate of drug-likeness (QED) is 0.248. The van der Waals surface area contributed by atoms with E-state index in [1.165, 1.54) is 89.9 Å². The molecule has 0 aliphatic heterocycles. The van der Waals surface area contributed by atoms with Crippen LogP contribution < -0.4 is 0 Å². The third kappa shape index (κ3) is 9.27. The van der Waals surface area contributed by atoms with Gasteiger partial charge < -0.3 is 9.47 Å². The van der Waals surface area contributed by atoms with E-state index in [1.54, 1.807) is 11.1 Å². The van der Waals surface area contributed by atoms with E-state index < -0.39 is 0 Å². The summed E-state index contributed by atoms with van der Waals surface area (Å²) in [5, 5.41) is 0. The maximum Gasteiger partial charge on any atom is 0.0568 e. The Bertz CT molecular complexity index is 453. The molecule has 2 nitrogen and oxygen atoms in total. The van der Waals surface area contributed by atoms with E-state index in [9.17, 15) is 0 Å². The molecule has 0 aromatic heterocycles. The zero-order valence-electron chi connectivity index (χ0n) is 20.6. The van der Waals surface area contributed by atoms with Crippen LogP contribution >= 0.6 is 0 Å². The first-order valence-corrected chi connectivity index (χ1v) is 13.2. The maximum atomic E-state index is 5.53. The molecule has 0 aromatic rings. The lowest BCUT2D eigenvalue weighted by atomic mass is 9.79. The standard InChI is InChI=1S/C28H50O2/c1-5-27(29-3)19-9-7-13-23-15-11-17-25(21-23)26-18-12-16-24(22-26)14-8-10-20-28(6-2)30-4/h21-24,27-28H,5-20H2,1-4H3. The summed E-state index contributed by atoms with van der Waals surface area (Å²) in [5.74, 6) is 1.63. The molecule has 0 fully saturated rings. The fraction of sp³-hybridized carbons (Fsp3) is 0.857. The van der Waals surface area contributed by atoms with E-state index in [0.717, 1.165) is 24.7 Å². The first-order chi connectivity index (χ1) is 14.7. The zero-order valence-corrected chi connectivity index (χ0v) is 20.6. The number of hydrogen-bond acceptors (Lipinski definition) is 2. The number of rotatable bonds is 15. The number of hydrogen-bond donors (Lipinski definition) is 0. The van der Waals surface area contributed by atoms with Crippen molar-refractivity contribution in [2.24, 2.45) is 11.8 Å². The van der Waals surface area contributed by atoms with Gasteiger partial charge >= 0.3 is 0 Å². The molecule has 4 atom stereocenters. The van der Waals surface area contributed by atoms with Gasteiger partial charge in [-0.3, -0.25) is 0 Å². The minimum Gasteiger partial charge on any atom is -0.381 e. The third-order valence-electron chi connectivity index (χ3n) is 7.61. The van der Waals surface area contributed by atoms with Crippen molar-refractivity contribution < 1.29 is 9.47 Å². The van der Waals surface area contributed by atoms with E-state index >= 15 is 0 Å². The molecule has 0 amide bonds. The predicted octanol–water partition coefficient (Wildman–Crippen LogP) is 8.41. The molecule has 0 saturated heterocycles. The summed E-state index contributed by atoms with van der Waals surface area (Å²) in [7, 11) is 3.72. The molecule has 2 rings (SSSR count). The molecule has 30 heavy (non-hydrogen) atoms. The Hall–Kier alpha value is -0.600. The Kier molecular flexibility index (Phi) is 13.0. The first kappa shape index (κ1) is 25.7. The van der Waals surface area contributed by atoms with Crippen molar-refractivity contribution in [1.29, 1.82) is 0 Å². The molecular formula is C28H50O2. The molecule has 174 valence electrons. The molecule has 2 heteroatoms. The van der Waals surface area contributed by atoms with E-state index in [-0.39, 0.29) is 0 Å². The normalized spacial score (nSPS) is 24.3. The summed E-state index contributed by atoms with van der Waals surface area (Å²) >= 11 is 0. The summed E-state index contributed by atoms with van der Waals surface area (Å²) in [6.45, 7) is 4.47. The van der Waals surface area contributed by atoms with Crippen LogP contribution in [0, 0.1) is 11.8 Å². The monoisotopic (exact) mass is 418 g/mol. The molecule has 0 aromatic carbocycles. The highest BCUT2D eigenvalue weighted by molar-refractivity contribution is 5.34. The van der Waals surface area contributed by atoms with Crippen LogP contribution in [0.15, 0.2) is 23.3 Å². The van der Waals surface area contributed by atoms with Gasteiger partial charge in [0.05, 0.1) is 12.2 Å². The summed E-state index contributed by atoms with van der Waals surface area (Å²) in [5.41, 5.74) is 3.43. The average molecular weight is 419 g/mol. The Morgan fingerprint density at radius 3 is 1.53 bits per heavy atom. The smallest absolute Gasteiger partial charge is 0.0568 e. The third-order valence-corrected chi connectivity index (χ3v) is 7.61. The Balaban J connectivity index is 1.77. The molecule has 2 aliphatic rings. The van der Waals surface area contributed by atoms with Gasteiger partial charge in [0.25, 0.3) is 0 Å².